The van der Waals surface area contributed by atoms with E-state index in [0.29, 0.717) is 40.4 Å². The summed E-state index contributed by atoms with van der Waals surface area (Å²) in [6, 6.07) is 10.3. The van der Waals surface area contributed by atoms with E-state index >= 15 is 4.39 Å². The second-order valence-electron chi connectivity index (χ2n) is 10.2. The van der Waals surface area contributed by atoms with Crippen LogP contribution in [0.4, 0.5) is 10.3 Å². The van der Waals surface area contributed by atoms with Crippen molar-refractivity contribution < 1.29 is 13.9 Å². The second-order valence-corrected chi connectivity index (χ2v) is 10.2. The van der Waals surface area contributed by atoms with Crippen molar-refractivity contribution in [3.63, 3.8) is 0 Å². The van der Waals surface area contributed by atoms with Gasteiger partial charge in [0.25, 0.3) is 5.56 Å². The summed E-state index contributed by atoms with van der Waals surface area (Å²) in [6.45, 7) is 1.54. The molecule has 2 N–H and O–H groups in total. The van der Waals surface area contributed by atoms with Crippen LogP contribution < -0.4 is 11.3 Å². The summed E-state index contributed by atoms with van der Waals surface area (Å²) in [5.74, 6) is 0.0939. The number of pyridine rings is 1. The number of hydrogen-bond acceptors (Lipinski definition) is 8. The summed E-state index contributed by atoms with van der Waals surface area (Å²) in [4.78, 5) is 39.1. The minimum Gasteiger partial charge on any atom is -0.461 e. The van der Waals surface area contributed by atoms with E-state index in [1.807, 2.05) is 19.3 Å². The molecule has 0 radical (unpaired) electrons. The summed E-state index contributed by atoms with van der Waals surface area (Å²) in [6.07, 6.45) is 7.79. The number of hydrogen-bond donors (Lipinski definition) is 1. The molecule has 0 spiro atoms. The zero-order valence-electron chi connectivity index (χ0n) is 22.7. The van der Waals surface area contributed by atoms with Crippen LogP contribution in [0.1, 0.15) is 54.6 Å². The first-order valence-electron chi connectivity index (χ1n) is 13.4. The van der Waals surface area contributed by atoms with E-state index in [1.54, 1.807) is 48.3 Å². The SMILES string of the molecule is CCC(=O)OCc1c(-c2nc(N)nc(Cc3cnn(C)c3)n2)cccc1-n1ccc2cc(C3CC3)cc(F)c2c1=O. The number of fused-ring (bicyclic) bond motifs is 1. The number of carbonyl (C=O) groups excluding carboxylic acids is 1. The van der Waals surface area contributed by atoms with Crippen LogP contribution in [0.2, 0.25) is 0 Å². The van der Waals surface area contributed by atoms with Crippen LogP contribution in [0.25, 0.3) is 27.8 Å². The average molecular weight is 554 g/mol. The van der Waals surface area contributed by atoms with E-state index in [2.05, 4.69) is 20.1 Å². The van der Waals surface area contributed by atoms with Crippen molar-refractivity contribution in [2.75, 3.05) is 5.73 Å². The predicted molar refractivity (Wildman–Crippen MR) is 151 cm³/mol. The highest BCUT2D eigenvalue weighted by atomic mass is 19.1. The maximum atomic E-state index is 15.3. The molecule has 2 aromatic carbocycles. The highest BCUT2D eigenvalue weighted by molar-refractivity contribution is 5.83. The quantitative estimate of drug-likeness (QED) is 0.283. The fourth-order valence-electron chi connectivity index (χ4n) is 4.99. The monoisotopic (exact) mass is 553 g/mol. The van der Waals surface area contributed by atoms with Gasteiger partial charge in [-0.3, -0.25) is 18.8 Å². The van der Waals surface area contributed by atoms with Crippen molar-refractivity contribution >= 4 is 22.7 Å². The molecule has 1 aliphatic carbocycles. The van der Waals surface area contributed by atoms with Crippen molar-refractivity contribution in [3.05, 3.63) is 93.7 Å². The van der Waals surface area contributed by atoms with Gasteiger partial charge in [-0.1, -0.05) is 25.1 Å². The summed E-state index contributed by atoms with van der Waals surface area (Å²) in [5, 5.41) is 4.73. The number of rotatable bonds is 8. The topological polar surface area (TPSA) is 131 Å². The van der Waals surface area contributed by atoms with E-state index in [0.717, 1.165) is 24.0 Å². The number of carbonyl (C=O) groups is 1. The number of ether oxygens (including phenoxy) is 1. The second kappa shape index (κ2) is 10.6. The molecule has 0 atom stereocenters. The lowest BCUT2D eigenvalue weighted by molar-refractivity contribution is -0.144. The molecule has 3 heterocycles. The number of aromatic nitrogens is 6. The van der Waals surface area contributed by atoms with Crippen LogP contribution in [0.15, 0.2) is 59.8 Å². The average Bonchev–Trinajstić information content (AvgIpc) is 3.73. The molecule has 0 saturated heterocycles. The third-order valence-electron chi connectivity index (χ3n) is 7.17. The van der Waals surface area contributed by atoms with E-state index in [-0.39, 0.29) is 30.2 Å². The van der Waals surface area contributed by atoms with Gasteiger partial charge in [-0.15, -0.1) is 0 Å². The van der Waals surface area contributed by atoms with Crippen LogP contribution in [0.5, 0.6) is 0 Å². The van der Waals surface area contributed by atoms with Gasteiger partial charge in [-0.25, -0.2) is 9.37 Å². The Balaban J connectivity index is 1.49. The van der Waals surface area contributed by atoms with Crippen LogP contribution >= 0.6 is 0 Å². The smallest absolute Gasteiger partial charge is 0.305 e. The Bertz CT molecular complexity index is 1860. The Morgan fingerprint density at radius 1 is 1.17 bits per heavy atom. The van der Waals surface area contributed by atoms with Crippen LogP contribution in [0, 0.1) is 5.82 Å². The molecule has 0 amide bonds. The summed E-state index contributed by atoms with van der Waals surface area (Å²) < 4.78 is 23.8. The van der Waals surface area contributed by atoms with Crippen LogP contribution in [-0.4, -0.2) is 35.3 Å². The van der Waals surface area contributed by atoms with E-state index < -0.39 is 17.3 Å². The molecule has 1 aliphatic rings. The lowest BCUT2D eigenvalue weighted by Gasteiger charge is -2.17. The molecule has 0 bridgehead atoms. The van der Waals surface area contributed by atoms with Crippen molar-refractivity contribution in [2.45, 2.75) is 45.1 Å². The van der Waals surface area contributed by atoms with Crippen molar-refractivity contribution in [2.24, 2.45) is 7.05 Å². The molecular formula is C30H28FN7O3. The van der Waals surface area contributed by atoms with E-state index in [9.17, 15) is 9.59 Å². The lowest BCUT2D eigenvalue weighted by atomic mass is 10.0. The zero-order valence-corrected chi connectivity index (χ0v) is 22.7. The Labute approximate surface area is 234 Å². The standard InChI is InChI=1S/C30H28FN7O3/c1-3-26(39)41-16-22-21(28-34-25(35-30(32)36-28)11-17-14-33-37(2)15-17)5-4-6-24(22)38-10-9-19-12-20(18-7-8-18)13-23(31)27(19)29(38)40/h4-6,9-10,12-15,18H,3,7-8,11,16H2,1-2H3,(H2,32,34,35,36). The number of nitrogens with zero attached hydrogens (tertiary/aromatic N) is 6. The van der Waals surface area contributed by atoms with Crippen LogP contribution in [-0.2, 0) is 29.6 Å². The normalized spacial score (nSPS) is 13.0. The van der Waals surface area contributed by atoms with Gasteiger partial charge < -0.3 is 10.5 Å². The van der Waals surface area contributed by atoms with E-state index in [4.69, 9.17) is 10.5 Å². The highest BCUT2D eigenvalue weighted by Gasteiger charge is 2.25. The first-order chi connectivity index (χ1) is 19.8. The molecule has 208 valence electrons. The number of esters is 1. The van der Waals surface area contributed by atoms with Crippen LogP contribution in [0.3, 0.4) is 0 Å². The molecule has 1 saturated carbocycles. The lowest BCUT2D eigenvalue weighted by Crippen LogP contribution is -2.21. The fourth-order valence-corrected chi connectivity index (χ4v) is 4.99. The summed E-state index contributed by atoms with van der Waals surface area (Å²) >= 11 is 0. The Morgan fingerprint density at radius 2 is 2.00 bits per heavy atom. The largest absolute Gasteiger partial charge is 0.461 e. The van der Waals surface area contributed by atoms with Gasteiger partial charge >= 0.3 is 5.97 Å². The van der Waals surface area contributed by atoms with Crippen molar-refractivity contribution in [3.8, 4) is 17.1 Å². The summed E-state index contributed by atoms with van der Waals surface area (Å²) in [5.41, 5.74) is 8.75. The number of nitrogens with two attached hydrogens (primary N) is 1. The molecule has 10 nitrogen and oxygen atoms in total. The zero-order chi connectivity index (χ0) is 28.7. The Morgan fingerprint density at radius 3 is 2.73 bits per heavy atom. The number of nitrogen functional groups attached to an aromatic ring is 1. The van der Waals surface area contributed by atoms with Gasteiger partial charge in [-0.2, -0.15) is 15.1 Å². The minimum atomic E-state index is -0.552. The maximum Gasteiger partial charge on any atom is 0.305 e. The molecular weight excluding hydrogens is 525 g/mol. The number of aryl methyl sites for hydroxylation is 1. The number of halogens is 1. The molecule has 41 heavy (non-hydrogen) atoms. The molecule has 0 unspecified atom stereocenters. The first-order valence-corrected chi connectivity index (χ1v) is 13.4. The number of anilines is 1. The van der Waals surface area contributed by atoms with Gasteiger partial charge in [-0.05, 0) is 53.5 Å². The predicted octanol–water partition coefficient (Wildman–Crippen LogP) is 4.22. The summed E-state index contributed by atoms with van der Waals surface area (Å²) in [7, 11) is 1.82. The molecule has 5 aromatic rings. The fraction of sp³-hybridized carbons (Fsp3) is 0.267. The van der Waals surface area contributed by atoms with Crippen molar-refractivity contribution in [1.82, 2.24) is 29.3 Å². The van der Waals surface area contributed by atoms with Gasteiger partial charge in [0.15, 0.2) is 5.82 Å². The third-order valence-corrected chi connectivity index (χ3v) is 7.17. The van der Waals surface area contributed by atoms with E-state index in [1.165, 1.54) is 10.6 Å². The third kappa shape index (κ3) is 5.30. The van der Waals surface area contributed by atoms with Gasteiger partial charge in [0, 0.05) is 43.4 Å². The minimum absolute atomic E-state index is 0.00182. The Hall–Kier alpha value is -4.93. The number of benzene rings is 2. The van der Waals surface area contributed by atoms with Gasteiger partial charge in [0.05, 0.1) is 17.3 Å². The maximum absolute atomic E-state index is 15.3. The molecule has 11 heteroatoms. The highest BCUT2D eigenvalue weighted by Crippen LogP contribution is 2.41. The molecule has 6 rings (SSSR count). The Kier molecular flexibility index (Phi) is 6.78. The van der Waals surface area contributed by atoms with Crippen molar-refractivity contribution in [1.29, 1.82) is 0 Å². The van der Waals surface area contributed by atoms with Gasteiger partial charge in [0.2, 0.25) is 5.95 Å². The molecule has 1 fully saturated rings. The van der Waals surface area contributed by atoms with Gasteiger partial charge in [0.1, 0.15) is 18.2 Å². The first kappa shape index (κ1) is 26.3. The molecule has 3 aromatic heterocycles. The molecule has 0 aliphatic heterocycles.